The largest absolute Gasteiger partial charge is 0.311 e. The van der Waals surface area contributed by atoms with E-state index in [0.717, 1.165) is 27.8 Å². The first-order chi connectivity index (χ1) is 22.7. The van der Waals surface area contributed by atoms with Crippen LogP contribution in [-0.2, 0) is 0 Å². The Kier molecular flexibility index (Phi) is 6.67. The number of aryl methyl sites for hydroxylation is 1. The minimum Gasteiger partial charge on any atom is -0.311 e. The molecule has 0 radical (unpaired) electrons. The summed E-state index contributed by atoms with van der Waals surface area (Å²) in [5.74, 6) is 1.60. The van der Waals surface area contributed by atoms with Crippen molar-refractivity contribution in [3.05, 3.63) is 163 Å². The normalized spacial score (nSPS) is 11.1. The molecule has 2 aromatic heterocycles. The van der Waals surface area contributed by atoms with Gasteiger partial charge in [-0.15, -0.1) is 0 Å². The van der Waals surface area contributed by atoms with E-state index in [0.29, 0.717) is 28.7 Å². The molecule has 0 aliphatic heterocycles. The van der Waals surface area contributed by atoms with Crippen molar-refractivity contribution >= 4 is 27.5 Å². The molecule has 0 saturated carbocycles. The van der Waals surface area contributed by atoms with Crippen LogP contribution in [0.4, 0.5) is 5.69 Å². The van der Waals surface area contributed by atoms with E-state index in [1.165, 1.54) is 27.5 Å². The van der Waals surface area contributed by atoms with E-state index in [2.05, 4.69) is 89.1 Å². The van der Waals surface area contributed by atoms with E-state index < -0.39 is 0 Å². The Morgan fingerprint density at radius 3 is 1.80 bits per heavy atom. The van der Waals surface area contributed by atoms with Crippen molar-refractivity contribution in [2.24, 2.45) is 0 Å². The molecular formula is C41H27N5. The number of para-hydroxylation sites is 1. The van der Waals surface area contributed by atoms with Gasteiger partial charge < -0.3 is 4.57 Å². The van der Waals surface area contributed by atoms with Gasteiger partial charge in [0.25, 0.3) is 0 Å². The molecule has 0 amide bonds. The van der Waals surface area contributed by atoms with Crippen LogP contribution in [0.5, 0.6) is 0 Å². The summed E-state index contributed by atoms with van der Waals surface area (Å²) in [7, 11) is 0. The fourth-order valence-electron chi connectivity index (χ4n) is 6.19. The van der Waals surface area contributed by atoms with Gasteiger partial charge in [-0.1, -0.05) is 115 Å². The smallest absolute Gasteiger partial charge is 0.200 e. The Hall–Kier alpha value is -6.38. The van der Waals surface area contributed by atoms with Gasteiger partial charge in [-0.2, -0.15) is 0 Å². The molecule has 0 saturated heterocycles. The summed E-state index contributed by atoms with van der Waals surface area (Å²) in [5, 5.41) is 2.33. The van der Waals surface area contributed by atoms with Crippen LogP contribution in [0.3, 0.4) is 0 Å². The van der Waals surface area contributed by atoms with Crippen molar-refractivity contribution in [3.63, 3.8) is 0 Å². The molecule has 0 N–H and O–H groups in total. The van der Waals surface area contributed by atoms with Crippen LogP contribution >= 0.6 is 0 Å². The van der Waals surface area contributed by atoms with Gasteiger partial charge in [-0.3, -0.25) is 0 Å². The highest BCUT2D eigenvalue weighted by Gasteiger charge is 2.18. The van der Waals surface area contributed by atoms with Crippen LogP contribution in [0.25, 0.3) is 77.6 Å². The second-order valence-corrected chi connectivity index (χ2v) is 11.3. The lowest BCUT2D eigenvalue weighted by atomic mass is 9.99. The third-order valence-corrected chi connectivity index (χ3v) is 8.43. The summed E-state index contributed by atoms with van der Waals surface area (Å²) in [6.07, 6.45) is 0. The first-order valence-corrected chi connectivity index (χ1v) is 15.2. The topological polar surface area (TPSA) is 48.0 Å². The maximum atomic E-state index is 8.21. The Labute approximate surface area is 266 Å². The van der Waals surface area contributed by atoms with E-state index in [9.17, 15) is 0 Å². The molecule has 8 aromatic rings. The van der Waals surface area contributed by atoms with Gasteiger partial charge in [-0.25, -0.2) is 19.8 Å². The molecule has 0 bridgehead atoms. The summed E-state index contributed by atoms with van der Waals surface area (Å²) in [4.78, 5) is 18.5. The number of fused-ring (bicyclic) bond motifs is 3. The number of hydrogen-bond acceptors (Lipinski definition) is 3. The van der Waals surface area contributed by atoms with Crippen molar-refractivity contribution in [3.8, 4) is 51.0 Å². The summed E-state index contributed by atoms with van der Waals surface area (Å²) in [6.45, 7) is 10.4. The molecule has 46 heavy (non-hydrogen) atoms. The standard InChI is InChI=1S/C41H27N5/c1-27-13-9-10-18-32(27)30-21-24-38-35(25-30)33-19-11-12-20-37(33)46(38)31-22-23-34(36(26-31)42-2)41-44-39(28-14-5-3-6-15-28)43-40(45-41)29-16-7-4-8-17-29/h3-26H,1H3. The quantitative estimate of drug-likeness (QED) is 0.188. The van der Waals surface area contributed by atoms with Crippen LogP contribution in [-0.4, -0.2) is 19.5 Å². The molecule has 0 unspecified atom stereocenters. The van der Waals surface area contributed by atoms with Crippen molar-refractivity contribution in [2.45, 2.75) is 6.92 Å². The summed E-state index contributed by atoms with van der Waals surface area (Å²) >= 11 is 0. The predicted octanol–water partition coefficient (Wildman–Crippen LogP) is 10.5. The maximum Gasteiger partial charge on any atom is 0.200 e. The monoisotopic (exact) mass is 589 g/mol. The fraction of sp³-hybridized carbons (Fsp3) is 0.0244. The second kappa shape index (κ2) is 11.3. The molecule has 5 heteroatoms. The van der Waals surface area contributed by atoms with Crippen molar-refractivity contribution < 1.29 is 0 Å². The number of aromatic nitrogens is 4. The Balaban J connectivity index is 1.30. The van der Waals surface area contributed by atoms with Crippen molar-refractivity contribution in [2.75, 3.05) is 0 Å². The summed E-state index contributed by atoms with van der Waals surface area (Å²) < 4.78 is 2.24. The Morgan fingerprint density at radius 1 is 0.500 bits per heavy atom. The molecule has 2 heterocycles. The summed E-state index contributed by atoms with van der Waals surface area (Å²) in [5.41, 5.74) is 9.65. The van der Waals surface area contributed by atoms with Crippen LogP contribution in [0.2, 0.25) is 0 Å². The van der Waals surface area contributed by atoms with E-state index in [1.54, 1.807) is 0 Å². The Bertz CT molecular complexity index is 2380. The number of benzene rings is 6. The first-order valence-electron chi connectivity index (χ1n) is 15.2. The average molecular weight is 590 g/mol. The lowest BCUT2D eigenvalue weighted by Crippen LogP contribution is -2.01. The molecule has 8 rings (SSSR count). The van der Waals surface area contributed by atoms with E-state index >= 15 is 0 Å². The van der Waals surface area contributed by atoms with Gasteiger partial charge in [0.05, 0.1) is 17.6 Å². The second-order valence-electron chi connectivity index (χ2n) is 11.3. The third-order valence-electron chi connectivity index (χ3n) is 8.43. The van der Waals surface area contributed by atoms with E-state index in [4.69, 9.17) is 21.5 Å². The molecular weight excluding hydrogens is 562 g/mol. The van der Waals surface area contributed by atoms with E-state index in [1.807, 2.05) is 72.8 Å². The molecule has 6 aromatic carbocycles. The highest BCUT2D eigenvalue weighted by atomic mass is 15.0. The molecule has 0 aliphatic rings. The third kappa shape index (κ3) is 4.70. The van der Waals surface area contributed by atoms with Crippen LogP contribution in [0, 0.1) is 13.5 Å². The zero-order valence-electron chi connectivity index (χ0n) is 25.1. The highest BCUT2D eigenvalue weighted by molar-refractivity contribution is 6.10. The predicted molar refractivity (Wildman–Crippen MR) is 187 cm³/mol. The van der Waals surface area contributed by atoms with Gasteiger partial charge in [0, 0.05) is 33.2 Å². The number of nitrogens with zero attached hydrogens (tertiary/aromatic N) is 5. The molecule has 5 nitrogen and oxygen atoms in total. The zero-order chi connectivity index (χ0) is 31.0. The average Bonchev–Trinajstić information content (AvgIpc) is 3.46. The van der Waals surface area contributed by atoms with Crippen LogP contribution in [0.15, 0.2) is 146 Å². The highest BCUT2D eigenvalue weighted by Crippen LogP contribution is 2.38. The SMILES string of the molecule is [C-]#[N+]c1cc(-n2c3ccccc3c3cc(-c4ccccc4C)ccc32)ccc1-c1nc(-c2ccccc2)nc(-c2ccccc2)n1. The van der Waals surface area contributed by atoms with Gasteiger partial charge >= 0.3 is 0 Å². The van der Waals surface area contributed by atoms with Gasteiger partial charge in [0.2, 0.25) is 0 Å². The minimum absolute atomic E-state index is 0.468. The lowest BCUT2D eigenvalue weighted by molar-refractivity contribution is 1.07. The molecule has 0 fully saturated rings. The zero-order valence-corrected chi connectivity index (χ0v) is 25.1. The molecule has 0 aliphatic carbocycles. The minimum atomic E-state index is 0.468. The number of hydrogen-bond donors (Lipinski definition) is 0. The van der Waals surface area contributed by atoms with Gasteiger partial charge in [0.1, 0.15) is 0 Å². The first kappa shape index (κ1) is 27.2. The molecule has 0 spiro atoms. The lowest BCUT2D eigenvalue weighted by Gasteiger charge is -2.13. The van der Waals surface area contributed by atoms with Crippen molar-refractivity contribution in [1.29, 1.82) is 0 Å². The molecule has 0 atom stereocenters. The van der Waals surface area contributed by atoms with Crippen molar-refractivity contribution in [1.82, 2.24) is 19.5 Å². The van der Waals surface area contributed by atoms with Crippen LogP contribution in [0.1, 0.15) is 5.56 Å². The van der Waals surface area contributed by atoms with Crippen LogP contribution < -0.4 is 0 Å². The maximum absolute atomic E-state index is 8.21. The summed E-state index contributed by atoms with van der Waals surface area (Å²) in [6, 6.07) is 49.3. The molecule has 216 valence electrons. The van der Waals surface area contributed by atoms with E-state index in [-0.39, 0.29) is 0 Å². The van der Waals surface area contributed by atoms with Gasteiger partial charge in [0.15, 0.2) is 23.2 Å². The number of rotatable bonds is 5. The Morgan fingerprint density at radius 2 is 1.11 bits per heavy atom. The fourth-order valence-corrected chi connectivity index (χ4v) is 6.19. The van der Waals surface area contributed by atoms with Gasteiger partial charge in [-0.05, 0) is 53.9 Å².